The molecule has 2 aromatic carbocycles. The Morgan fingerprint density at radius 1 is 1.09 bits per heavy atom. The number of rotatable bonds is 7. The van der Waals surface area contributed by atoms with E-state index in [2.05, 4.69) is 5.32 Å². The summed E-state index contributed by atoms with van der Waals surface area (Å²) in [5.74, 6) is -5.82. The Balaban J connectivity index is 1.39. The molecule has 186 valence electrons. The molecule has 2 aromatic rings. The lowest BCUT2D eigenvalue weighted by molar-refractivity contribution is -0.148. The predicted octanol–water partition coefficient (Wildman–Crippen LogP) is 4.26. The summed E-state index contributed by atoms with van der Waals surface area (Å²) in [5.41, 5.74) is 4.31. The Morgan fingerprint density at radius 2 is 1.66 bits per heavy atom. The van der Waals surface area contributed by atoms with E-state index in [1.165, 1.54) is 0 Å². The first kappa shape index (κ1) is 24.6. The molecule has 1 saturated heterocycles. The van der Waals surface area contributed by atoms with E-state index in [0.717, 1.165) is 22.3 Å². The van der Waals surface area contributed by atoms with Gasteiger partial charge in [0.2, 0.25) is 5.91 Å². The first-order valence-electron chi connectivity index (χ1n) is 11.6. The number of carbonyl (C=O) groups excluding carboxylic acids is 2. The Bertz CT molecular complexity index is 1090. The highest BCUT2D eigenvalue weighted by Gasteiger charge is 2.50. The van der Waals surface area contributed by atoms with E-state index in [1.807, 2.05) is 48.5 Å². The van der Waals surface area contributed by atoms with Crippen molar-refractivity contribution >= 4 is 18.0 Å². The second-order valence-electron chi connectivity index (χ2n) is 9.46. The lowest BCUT2D eigenvalue weighted by atomic mass is 9.98. The number of carbonyl (C=O) groups is 3. The highest BCUT2D eigenvalue weighted by molar-refractivity contribution is 5.85. The second kappa shape index (κ2) is 9.64. The van der Waals surface area contributed by atoms with E-state index in [0.29, 0.717) is 4.90 Å². The molecule has 1 fully saturated rings. The van der Waals surface area contributed by atoms with Crippen LogP contribution in [-0.2, 0) is 14.3 Å². The van der Waals surface area contributed by atoms with E-state index >= 15 is 0 Å². The van der Waals surface area contributed by atoms with Crippen molar-refractivity contribution in [3.8, 4) is 11.1 Å². The van der Waals surface area contributed by atoms with E-state index in [9.17, 15) is 28.3 Å². The van der Waals surface area contributed by atoms with Gasteiger partial charge in [0, 0.05) is 24.8 Å². The van der Waals surface area contributed by atoms with Crippen molar-refractivity contribution in [1.29, 1.82) is 0 Å². The number of nitrogens with one attached hydrogen (secondary N) is 1. The molecule has 35 heavy (non-hydrogen) atoms. The van der Waals surface area contributed by atoms with Crippen LogP contribution in [0.15, 0.2) is 48.5 Å². The molecule has 0 spiro atoms. The number of aliphatic carboxylic acids is 1. The van der Waals surface area contributed by atoms with Crippen molar-refractivity contribution in [3.63, 3.8) is 0 Å². The molecule has 0 bridgehead atoms. The maximum atomic E-state index is 13.8. The van der Waals surface area contributed by atoms with Crippen molar-refractivity contribution in [3.05, 3.63) is 59.7 Å². The topological polar surface area (TPSA) is 95.9 Å². The van der Waals surface area contributed by atoms with Gasteiger partial charge in [-0.15, -0.1) is 0 Å². The van der Waals surface area contributed by atoms with Crippen molar-refractivity contribution in [2.24, 2.45) is 5.92 Å². The first-order valence-corrected chi connectivity index (χ1v) is 11.6. The molecule has 2 aliphatic rings. The normalized spacial score (nSPS) is 19.2. The van der Waals surface area contributed by atoms with E-state index < -0.39 is 48.9 Å². The fourth-order valence-corrected chi connectivity index (χ4v) is 4.85. The molecular formula is C26H28F2N2O5. The molecule has 2 N–H and O–H groups in total. The van der Waals surface area contributed by atoms with Crippen molar-refractivity contribution in [2.75, 3.05) is 13.2 Å². The summed E-state index contributed by atoms with van der Waals surface area (Å²) in [6.07, 6.45) is -1.94. The molecule has 4 rings (SSSR count). The van der Waals surface area contributed by atoms with Gasteiger partial charge in [0.05, 0.1) is 6.54 Å². The van der Waals surface area contributed by atoms with Gasteiger partial charge in [0.1, 0.15) is 12.6 Å². The van der Waals surface area contributed by atoms with Gasteiger partial charge >= 0.3 is 12.1 Å². The summed E-state index contributed by atoms with van der Waals surface area (Å²) in [4.78, 5) is 37.4. The minimum absolute atomic E-state index is 0.0953. The molecule has 0 radical (unpaired) electrons. The van der Waals surface area contributed by atoms with Gasteiger partial charge in [-0.25, -0.2) is 18.4 Å². The number of nitrogens with zero attached hydrogens (tertiary/aromatic N) is 1. The number of halogens is 2. The highest BCUT2D eigenvalue weighted by Crippen LogP contribution is 2.44. The molecule has 2 amide bonds. The maximum Gasteiger partial charge on any atom is 0.407 e. The summed E-state index contributed by atoms with van der Waals surface area (Å²) < 4.78 is 33.1. The number of alkyl halides is 2. The van der Waals surface area contributed by atoms with Crippen LogP contribution >= 0.6 is 0 Å². The SMILES string of the molecule is CC(C)[C@@H](CC(=O)N1CC(F)(F)C[C@@H]1C(=O)O)NC(=O)OCC1c2ccccc2-c2ccccc21. The van der Waals surface area contributed by atoms with E-state index in [-0.39, 0.29) is 24.9 Å². The van der Waals surface area contributed by atoms with Crippen LogP contribution in [0.2, 0.25) is 0 Å². The number of amides is 2. The lowest BCUT2D eigenvalue weighted by Gasteiger charge is -2.26. The number of hydrogen-bond donors (Lipinski definition) is 2. The standard InChI is InChI=1S/C26H28F2N2O5/c1-15(2)21(11-23(31)30-14-26(27,28)12-22(30)24(32)33)29-25(34)35-13-20-18-9-5-3-7-16(18)17-8-4-6-10-19(17)20/h3-10,15,20-22H,11-14H2,1-2H3,(H,29,34)(H,32,33)/t21-,22-/m1/s1. The minimum Gasteiger partial charge on any atom is -0.480 e. The first-order chi connectivity index (χ1) is 16.6. The third kappa shape index (κ3) is 5.13. The third-order valence-electron chi connectivity index (χ3n) is 6.72. The number of likely N-dealkylation sites (tertiary alicyclic amines) is 1. The zero-order valence-corrected chi connectivity index (χ0v) is 19.5. The molecule has 0 aromatic heterocycles. The largest absolute Gasteiger partial charge is 0.480 e. The number of fused-ring (bicyclic) bond motifs is 3. The summed E-state index contributed by atoms with van der Waals surface area (Å²) in [7, 11) is 0. The molecule has 2 atom stereocenters. The minimum atomic E-state index is -3.26. The van der Waals surface area contributed by atoms with Gasteiger partial charge < -0.3 is 20.1 Å². The van der Waals surface area contributed by atoms with Gasteiger partial charge in [-0.3, -0.25) is 4.79 Å². The van der Waals surface area contributed by atoms with Gasteiger partial charge in [-0.05, 0) is 28.2 Å². The lowest BCUT2D eigenvalue weighted by Crippen LogP contribution is -2.46. The zero-order valence-electron chi connectivity index (χ0n) is 19.5. The summed E-state index contributed by atoms with van der Waals surface area (Å²) >= 11 is 0. The Labute approximate surface area is 202 Å². The van der Waals surface area contributed by atoms with Gasteiger partial charge in [0.25, 0.3) is 5.92 Å². The second-order valence-corrected chi connectivity index (χ2v) is 9.46. The van der Waals surface area contributed by atoms with Crippen LogP contribution in [0.3, 0.4) is 0 Å². The number of carboxylic acid groups (broad SMARTS) is 1. The van der Waals surface area contributed by atoms with Crippen LogP contribution in [-0.4, -0.2) is 59.1 Å². The van der Waals surface area contributed by atoms with Crippen LogP contribution in [0.1, 0.15) is 43.7 Å². The molecule has 1 aliphatic heterocycles. The van der Waals surface area contributed by atoms with Crippen LogP contribution in [0, 0.1) is 5.92 Å². The van der Waals surface area contributed by atoms with Crippen LogP contribution < -0.4 is 5.32 Å². The number of hydrogen-bond acceptors (Lipinski definition) is 4. The predicted molar refractivity (Wildman–Crippen MR) is 124 cm³/mol. The van der Waals surface area contributed by atoms with Crippen molar-refractivity contribution in [1.82, 2.24) is 10.2 Å². The fourth-order valence-electron chi connectivity index (χ4n) is 4.85. The van der Waals surface area contributed by atoms with Gasteiger partial charge in [0.15, 0.2) is 0 Å². The van der Waals surface area contributed by atoms with Crippen LogP contribution in [0.4, 0.5) is 13.6 Å². The molecule has 1 heterocycles. The molecule has 0 unspecified atom stereocenters. The molecular weight excluding hydrogens is 458 g/mol. The van der Waals surface area contributed by atoms with Crippen LogP contribution in [0.5, 0.6) is 0 Å². The summed E-state index contributed by atoms with van der Waals surface area (Å²) in [6, 6.07) is 13.6. The molecule has 9 heteroatoms. The molecule has 1 aliphatic carbocycles. The van der Waals surface area contributed by atoms with Crippen LogP contribution in [0.25, 0.3) is 11.1 Å². The van der Waals surface area contributed by atoms with Crippen molar-refractivity contribution < 1.29 is 33.0 Å². The average molecular weight is 487 g/mol. The van der Waals surface area contributed by atoms with Gasteiger partial charge in [-0.1, -0.05) is 62.4 Å². The third-order valence-corrected chi connectivity index (χ3v) is 6.72. The van der Waals surface area contributed by atoms with E-state index in [1.54, 1.807) is 13.8 Å². The Hall–Kier alpha value is -3.49. The maximum absolute atomic E-state index is 13.8. The Morgan fingerprint density at radius 3 is 2.20 bits per heavy atom. The average Bonchev–Trinajstić information content (AvgIpc) is 3.31. The Kier molecular flexibility index (Phi) is 6.78. The summed E-state index contributed by atoms with van der Waals surface area (Å²) in [6.45, 7) is 2.69. The van der Waals surface area contributed by atoms with Crippen molar-refractivity contribution in [2.45, 2.75) is 50.6 Å². The zero-order chi connectivity index (χ0) is 25.3. The summed E-state index contributed by atoms with van der Waals surface area (Å²) in [5, 5.41) is 11.9. The highest BCUT2D eigenvalue weighted by atomic mass is 19.3. The number of benzene rings is 2. The molecule has 0 saturated carbocycles. The number of carboxylic acids is 1. The molecule has 7 nitrogen and oxygen atoms in total. The number of alkyl carbamates (subject to hydrolysis) is 1. The van der Waals surface area contributed by atoms with E-state index in [4.69, 9.17) is 4.74 Å². The fraction of sp³-hybridized carbons (Fsp3) is 0.423. The van der Waals surface area contributed by atoms with Gasteiger partial charge in [-0.2, -0.15) is 0 Å². The monoisotopic (exact) mass is 486 g/mol. The number of ether oxygens (including phenoxy) is 1. The smallest absolute Gasteiger partial charge is 0.407 e. The quantitative estimate of drug-likeness (QED) is 0.610.